The van der Waals surface area contributed by atoms with Crippen molar-refractivity contribution < 1.29 is 4.74 Å². The molecule has 0 spiro atoms. The van der Waals surface area contributed by atoms with Crippen LogP contribution in [0.2, 0.25) is 5.02 Å². The number of nitrogens with one attached hydrogen (secondary N) is 1. The third-order valence-corrected chi connectivity index (χ3v) is 3.72. The largest absolute Gasteiger partial charge is 0.383 e. The smallest absolute Gasteiger partial charge is 0.0663 e. The molecule has 0 unspecified atom stereocenters. The van der Waals surface area contributed by atoms with Gasteiger partial charge in [-0.2, -0.15) is 5.10 Å². The van der Waals surface area contributed by atoms with Gasteiger partial charge in [0.15, 0.2) is 0 Å². The van der Waals surface area contributed by atoms with E-state index < -0.39 is 0 Å². The molecule has 2 rings (SSSR count). The monoisotopic (exact) mass is 293 g/mol. The van der Waals surface area contributed by atoms with E-state index in [1.165, 1.54) is 5.56 Å². The SMILES string of the molecule is COCCNCc1cnn(-c2ccc(C)c(Cl)c2)c1C. The molecule has 0 radical (unpaired) electrons. The first-order valence-electron chi connectivity index (χ1n) is 6.63. The highest BCUT2D eigenvalue weighted by Gasteiger charge is 2.08. The first kappa shape index (κ1) is 15.0. The highest BCUT2D eigenvalue weighted by atomic mass is 35.5. The third-order valence-electron chi connectivity index (χ3n) is 3.31. The van der Waals surface area contributed by atoms with E-state index in [2.05, 4.69) is 17.3 Å². The molecule has 5 heteroatoms. The van der Waals surface area contributed by atoms with Crippen LogP contribution in [0.25, 0.3) is 5.69 Å². The summed E-state index contributed by atoms with van der Waals surface area (Å²) in [5, 5.41) is 8.53. The van der Waals surface area contributed by atoms with Gasteiger partial charge in [-0.15, -0.1) is 0 Å². The molecular formula is C15H20ClN3O. The summed E-state index contributed by atoms with van der Waals surface area (Å²) in [5.41, 5.74) is 4.36. The van der Waals surface area contributed by atoms with E-state index >= 15 is 0 Å². The second-order valence-corrected chi connectivity index (χ2v) is 5.18. The summed E-state index contributed by atoms with van der Waals surface area (Å²) >= 11 is 6.17. The lowest BCUT2D eigenvalue weighted by atomic mass is 10.2. The maximum atomic E-state index is 6.17. The number of aromatic nitrogens is 2. The van der Waals surface area contributed by atoms with Crippen molar-refractivity contribution in [3.8, 4) is 5.69 Å². The van der Waals surface area contributed by atoms with Crippen molar-refractivity contribution in [3.63, 3.8) is 0 Å². The standard InChI is InChI=1S/C15H20ClN3O/c1-11-4-5-14(8-15(11)16)19-12(2)13(10-18-19)9-17-6-7-20-3/h4-5,8,10,17H,6-7,9H2,1-3H3. The van der Waals surface area contributed by atoms with Crippen LogP contribution in [0.3, 0.4) is 0 Å². The molecule has 4 nitrogen and oxygen atoms in total. The van der Waals surface area contributed by atoms with Crippen LogP contribution < -0.4 is 5.32 Å². The fourth-order valence-electron chi connectivity index (χ4n) is 1.99. The second kappa shape index (κ2) is 6.88. The van der Waals surface area contributed by atoms with Crippen LogP contribution in [0, 0.1) is 13.8 Å². The number of halogens is 1. The summed E-state index contributed by atoms with van der Waals surface area (Å²) in [4.78, 5) is 0. The van der Waals surface area contributed by atoms with Crippen LogP contribution in [0.1, 0.15) is 16.8 Å². The van der Waals surface area contributed by atoms with E-state index in [4.69, 9.17) is 16.3 Å². The third kappa shape index (κ3) is 3.39. The van der Waals surface area contributed by atoms with Gasteiger partial charge in [0.25, 0.3) is 0 Å². The van der Waals surface area contributed by atoms with Gasteiger partial charge < -0.3 is 10.1 Å². The van der Waals surface area contributed by atoms with Crippen LogP contribution >= 0.6 is 11.6 Å². The molecular weight excluding hydrogens is 274 g/mol. The lowest BCUT2D eigenvalue weighted by molar-refractivity contribution is 0.199. The summed E-state index contributed by atoms with van der Waals surface area (Å²) in [7, 11) is 1.70. The zero-order valence-electron chi connectivity index (χ0n) is 12.1. The van der Waals surface area contributed by atoms with Crippen LogP contribution in [-0.4, -0.2) is 30.0 Å². The van der Waals surface area contributed by atoms with Crippen LogP contribution in [-0.2, 0) is 11.3 Å². The van der Waals surface area contributed by atoms with Crippen molar-refractivity contribution in [1.82, 2.24) is 15.1 Å². The van der Waals surface area contributed by atoms with Gasteiger partial charge in [-0.05, 0) is 31.5 Å². The van der Waals surface area contributed by atoms with Gasteiger partial charge in [-0.3, -0.25) is 0 Å². The number of methoxy groups -OCH3 is 1. The Hall–Kier alpha value is -1.36. The van der Waals surface area contributed by atoms with Crippen molar-refractivity contribution >= 4 is 11.6 Å². The maximum Gasteiger partial charge on any atom is 0.0663 e. The summed E-state index contributed by atoms with van der Waals surface area (Å²) in [6.07, 6.45) is 1.89. The lowest BCUT2D eigenvalue weighted by Gasteiger charge is -2.08. The molecule has 0 saturated carbocycles. The molecule has 108 valence electrons. The number of benzene rings is 1. The Morgan fingerprint density at radius 3 is 2.85 bits per heavy atom. The molecule has 0 fully saturated rings. The van der Waals surface area contributed by atoms with Gasteiger partial charge in [0.05, 0.1) is 18.5 Å². The van der Waals surface area contributed by atoms with Crippen molar-refractivity contribution in [2.75, 3.05) is 20.3 Å². The van der Waals surface area contributed by atoms with E-state index in [1.54, 1.807) is 7.11 Å². The molecule has 1 heterocycles. The Kier molecular flexibility index (Phi) is 5.17. The summed E-state index contributed by atoms with van der Waals surface area (Å²) in [6, 6.07) is 5.98. The molecule has 1 aromatic heterocycles. The van der Waals surface area contributed by atoms with E-state index in [-0.39, 0.29) is 0 Å². The van der Waals surface area contributed by atoms with Crippen LogP contribution in [0.15, 0.2) is 24.4 Å². The summed E-state index contributed by atoms with van der Waals surface area (Å²) in [6.45, 7) is 6.38. The van der Waals surface area contributed by atoms with Crippen LogP contribution in [0.4, 0.5) is 0 Å². The highest BCUT2D eigenvalue weighted by Crippen LogP contribution is 2.21. The Morgan fingerprint density at radius 1 is 1.35 bits per heavy atom. The summed E-state index contributed by atoms with van der Waals surface area (Å²) < 4.78 is 6.93. The van der Waals surface area contributed by atoms with Crippen molar-refractivity contribution in [2.45, 2.75) is 20.4 Å². The van der Waals surface area contributed by atoms with Crippen LogP contribution in [0.5, 0.6) is 0 Å². The minimum Gasteiger partial charge on any atom is -0.383 e. The van der Waals surface area contributed by atoms with Crippen molar-refractivity contribution in [3.05, 3.63) is 46.2 Å². The molecule has 20 heavy (non-hydrogen) atoms. The fraction of sp³-hybridized carbons (Fsp3) is 0.400. The molecule has 0 saturated heterocycles. The predicted octanol–water partition coefficient (Wildman–Crippen LogP) is 2.88. The minimum atomic E-state index is 0.709. The topological polar surface area (TPSA) is 39.1 Å². The Morgan fingerprint density at radius 2 is 2.15 bits per heavy atom. The molecule has 0 atom stereocenters. The molecule has 0 aliphatic rings. The number of rotatable bonds is 6. The van der Waals surface area contributed by atoms with Gasteiger partial charge in [0.2, 0.25) is 0 Å². The Bertz CT molecular complexity index is 580. The maximum absolute atomic E-state index is 6.17. The molecule has 0 amide bonds. The average molecular weight is 294 g/mol. The molecule has 1 aromatic carbocycles. The first-order valence-corrected chi connectivity index (χ1v) is 7.01. The number of nitrogens with zero attached hydrogens (tertiary/aromatic N) is 2. The quantitative estimate of drug-likeness (QED) is 0.833. The van der Waals surface area contributed by atoms with Gasteiger partial charge >= 0.3 is 0 Å². The molecule has 0 aliphatic carbocycles. The predicted molar refractivity (Wildman–Crippen MR) is 81.6 cm³/mol. The number of ether oxygens (including phenoxy) is 1. The zero-order chi connectivity index (χ0) is 14.5. The van der Waals surface area contributed by atoms with E-state index in [0.29, 0.717) is 6.61 Å². The van der Waals surface area contributed by atoms with E-state index in [0.717, 1.165) is 35.1 Å². The second-order valence-electron chi connectivity index (χ2n) is 4.77. The summed E-state index contributed by atoms with van der Waals surface area (Å²) in [5.74, 6) is 0. The van der Waals surface area contributed by atoms with Crippen molar-refractivity contribution in [1.29, 1.82) is 0 Å². The Labute approximate surface area is 124 Å². The number of aryl methyl sites for hydroxylation is 1. The van der Waals surface area contributed by atoms with E-state index in [9.17, 15) is 0 Å². The highest BCUT2D eigenvalue weighted by molar-refractivity contribution is 6.31. The van der Waals surface area contributed by atoms with E-state index in [1.807, 2.05) is 36.0 Å². The Balaban J connectivity index is 2.13. The van der Waals surface area contributed by atoms with Crippen molar-refractivity contribution in [2.24, 2.45) is 0 Å². The average Bonchev–Trinajstić information content (AvgIpc) is 2.80. The zero-order valence-corrected chi connectivity index (χ0v) is 12.9. The number of hydrogen-bond acceptors (Lipinski definition) is 3. The fourth-order valence-corrected chi connectivity index (χ4v) is 2.16. The first-order chi connectivity index (χ1) is 9.63. The molecule has 0 bridgehead atoms. The molecule has 1 N–H and O–H groups in total. The van der Waals surface area contributed by atoms with Gasteiger partial charge in [0.1, 0.15) is 0 Å². The minimum absolute atomic E-state index is 0.709. The number of hydrogen-bond donors (Lipinski definition) is 1. The molecule has 2 aromatic rings. The van der Waals surface area contributed by atoms with Gasteiger partial charge in [-0.25, -0.2) is 4.68 Å². The molecule has 0 aliphatic heterocycles. The normalized spacial score (nSPS) is 11.0. The van der Waals surface area contributed by atoms with Gasteiger partial charge in [0, 0.05) is 36.5 Å². The lowest BCUT2D eigenvalue weighted by Crippen LogP contribution is -2.18. The van der Waals surface area contributed by atoms with Gasteiger partial charge in [-0.1, -0.05) is 17.7 Å².